The summed E-state index contributed by atoms with van der Waals surface area (Å²) in [7, 11) is 0. The lowest BCUT2D eigenvalue weighted by Crippen LogP contribution is -2.62. The van der Waals surface area contributed by atoms with Crippen molar-refractivity contribution in [1.29, 1.82) is 0 Å². The number of aliphatic hydroxyl groups is 2. The zero-order valence-electron chi connectivity index (χ0n) is 26.1. The first-order chi connectivity index (χ1) is 18.2. The van der Waals surface area contributed by atoms with Gasteiger partial charge in [0.1, 0.15) is 0 Å². The van der Waals surface area contributed by atoms with Crippen molar-refractivity contribution >= 4 is 5.78 Å². The predicted octanol–water partition coefficient (Wildman–Crippen LogP) is 5.45. The summed E-state index contributed by atoms with van der Waals surface area (Å²) in [6.07, 6.45) is 7.51. The van der Waals surface area contributed by atoms with Gasteiger partial charge in [0.05, 0.1) is 35.1 Å². The molecule has 0 bridgehead atoms. The first-order valence-electron chi connectivity index (χ1n) is 15.7. The SMILES string of the molecule is CC(C)(O)CC[C@H]1OC(C)(C)O[C@]1(C)[C@H]1CC[C@@]2(O)C3=CC(=O)[C@@H]4C[C@H]5OC(C)(C)O[C@H]5C[C@]4(C)[C@H]3CC[C@]12C. The highest BCUT2D eigenvalue weighted by molar-refractivity contribution is 5.95. The van der Waals surface area contributed by atoms with Gasteiger partial charge >= 0.3 is 0 Å². The lowest BCUT2D eigenvalue weighted by Gasteiger charge is -2.60. The summed E-state index contributed by atoms with van der Waals surface area (Å²) in [6, 6.07) is 0. The van der Waals surface area contributed by atoms with E-state index >= 15 is 0 Å². The van der Waals surface area contributed by atoms with E-state index in [1.165, 1.54) is 0 Å². The Morgan fingerprint density at radius 2 is 1.60 bits per heavy atom. The standard InChI is InChI=1S/C33H52O7/c1-27(2,35)13-12-26-32(9,40-29(5,6)39-26)25-11-15-33(36)20-16-22(34)21-17-23-24(38-28(3,4)37-23)18-30(21,7)19(20)10-14-31(25,33)8/h16,19,21,23-26,35-36H,10-15,17-18H2,1-9H3/t19-,21-,23+,24-,25-,26+,30+,31+,32+,33+/m0/s1. The van der Waals surface area contributed by atoms with Gasteiger partial charge in [0.15, 0.2) is 17.4 Å². The summed E-state index contributed by atoms with van der Waals surface area (Å²) in [6.45, 7) is 18.2. The summed E-state index contributed by atoms with van der Waals surface area (Å²) >= 11 is 0. The number of rotatable bonds is 4. The molecule has 2 aliphatic heterocycles. The number of carbonyl (C=O) groups is 1. The normalized spacial score (nSPS) is 51.1. The van der Waals surface area contributed by atoms with E-state index in [9.17, 15) is 15.0 Å². The highest BCUT2D eigenvalue weighted by atomic mass is 16.8. The maximum Gasteiger partial charge on any atom is 0.164 e. The Bertz CT molecular complexity index is 1100. The molecule has 0 aromatic rings. The fourth-order valence-corrected chi connectivity index (χ4v) is 10.5. The van der Waals surface area contributed by atoms with Crippen LogP contribution < -0.4 is 0 Å². The van der Waals surface area contributed by atoms with Crippen molar-refractivity contribution in [2.24, 2.45) is 28.6 Å². The first-order valence-corrected chi connectivity index (χ1v) is 15.7. The number of ether oxygens (including phenoxy) is 4. The van der Waals surface area contributed by atoms with Crippen LogP contribution in [0.25, 0.3) is 0 Å². The molecule has 0 aromatic heterocycles. The Balaban J connectivity index is 1.33. The third kappa shape index (κ3) is 4.16. The minimum Gasteiger partial charge on any atom is -0.390 e. The number of fused-ring (bicyclic) bond motifs is 6. The largest absolute Gasteiger partial charge is 0.390 e. The van der Waals surface area contributed by atoms with Crippen LogP contribution in [0.4, 0.5) is 0 Å². The summed E-state index contributed by atoms with van der Waals surface area (Å²) in [4.78, 5) is 13.8. The molecule has 226 valence electrons. The maximum atomic E-state index is 13.8. The Hall–Kier alpha value is -0.830. The first kappa shape index (κ1) is 29.3. The van der Waals surface area contributed by atoms with Crippen LogP contribution in [0.15, 0.2) is 11.6 Å². The number of hydrogen-bond acceptors (Lipinski definition) is 7. The summed E-state index contributed by atoms with van der Waals surface area (Å²) < 4.78 is 25.8. The fraction of sp³-hybridized carbons (Fsp3) is 0.909. The third-order valence-corrected chi connectivity index (χ3v) is 12.2. The zero-order valence-corrected chi connectivity index (χ0v) is 26.1. The number of allylic oxidation sites excluding steroid dienone is 1. The smallest absolute Gasteiger partial charge is 0.164 e. The van der Waals surface area contributed by atoms with E-state index in [1.54, 1.807) is 0 Å². The molecule has 7 heteroatoms. The van der Waals surface area contributed by atoms with Crippen molar-refractivity contribution in [2.45, 2.75) is 160 Å². The van der Waals surface area contributed by atoms with Crippen molar-refractivity contribution in [3.63, 3.8) is 0 Å². The molecule has 5 fully saturated rings. The van der Waals surface area contributed by atoms with E-state index in [2.05, 4.69) is 20.8 Å². The summed E-state index contributed by atoms with van der Waals surface area (Å²) in [5.41, 5.74) is -2.28. The molecule has 0 amide bonds. The van der Waals surface area contributed by atoms with Crippen molar-refractivity contribution in [3.05, 3.63) is 11.6 Å². The van der Waals surface area contributed by atoms with Crippen LogP contribution in [0.1, 0.15) is 114 Å². The third-order valence-electron chi connectivity index (χ3n) is 12.2. The molecule has 0 aromatic carbocycles. The fourth-order valence-electron chi connectivity index (χ4n) is 10.5. The second-order valence-corrected chi connectivity index (χ2v) is 16.3. The van der Waals surface area contributed by atoms with Crippen molar-refractivity contribution in [3.8, 4) is 0 Å². The average molecular weight is 561 g/mol. The van der Waals surface area contributed by atoms with E-state index < -0.39 is 33.8 Å². The summed E-state index contributed by atoms with van der Waals surface area (Å²) in [5, 5.41) is 23.3. The van der Waals surface area contributed by atoms with Gasteiger partial charge in [-0.2, -0.15) is 0 Å². The van der Waals surface area contributed by atoms with Gasteiger partial charge in [0.25, 0.3) is 0 Å². The minimum atomic E-state index is -1.08. The zero-order chi connectivity index (χ0) is 29.3. The minimum absolute atomic E-state index is 0.0237. The molecular weight excluding hydrogens is 508 g/mol. The molecule has 0 unspecified atom stereocenters. The molecule has 6 aliphatic rings. The molecule has 2 heterocycles. The lowest BCUT2D eigenvalue weighted by molar-refractivity contribution is -0.190. The van der Waals surface area contributed by atoms with Gasteiger partial charge in [-0.3, -0.25) is 4.79 Å². The van der Waals surface area contributed by atoms with Gasteiger partial charge in [0.2, 0.25) is 0 Å². The van der Waals surface area contributed by atoms with Crippen LogP contribution in [0, 0.1) is 28.6 Å². The quantitative estimate of drug-likeness (QED) is 0.472. The second kappa shape index (κ2) is 8.63. The van der Waals surface area contributed by atoms with Crippen LogP contribution in [0.5, 0.6) is 0 Å². The van der Waals surface area contributed by atoms with Crippen LogP contribution in [-0.2, 0) is 23.7 Å². The molecule has 40 heavy (non-hydrogen) atoms. The van der Waals surface area contributed by atoms with Crippen LogP contribution in [0.3, 0.4) is 0 Å². The van der Waals surface area contributed by atoms with Gasteiger partial charge in [-0.05, 0) is 129 Å². The second-order valence-electron chi connectivity index (χ2n) is 16.3. The predicted molar refractivity (Wildman–Crippen MR) is 150 cm³/mol. The molecule has 3 saturated carbocycles. The highest BCUT2D eigenvalue weighted by Gasteiger charge is 2.71. The van der Waals surface area contributed by atoms with Crippen LogP contribution in [-0.4, -0.2) is 62.7 Å². The lowest BCUT2D eigenvalue weighted by atomic mass is 9.45. The van der Waals surface area contributed by atoms with Crippen molar-refractivity contribution < 1.29 is 34.0 Å². The maximum absolute atomic E-state index is 13.8. The van der Waals surface area contributed by atoms with Crippen LogP contribution >= 0.6 is 0 Å². The molecule has 4 aliphatic carbocycles. The van der Waals surface area contributed by atoms with E-state index in [0.29, 0.717) is 25.7 Å². The monoisotopic (exact) mass is 560 g/mol. The Kier molecular flexibility index (Phi) is 6.31. The van der Waals surface area contributed by atoms with Gasteiger partial charge in [-0.1, -0.05) is 13.8 Å². The molecule has 7 nitrogen and oxygen atoms in total. The molecule has 2 saturated heterocycles. The number of hydrogen-bond donors (Lipinski definition) is 2. The number of carbonyl (C=O) groups excluding carboxylic acids is 1. The van der Waals surface area contributed by atoms with Gasteiger partial charge in [-0.15, -0.1) is 0 Å². The Labute approximate surface area is 240 Å². The van der Waals surface area contributed by atoms with Gasteiger partial charge in [-0.25, -0.2) is 0 Å². The Morgan fingerprint density at radius 1 is 0.925 bits per heavy atom. The molecule has 6 rings (SSSR count). The van der Waals surface area contributed by atoms with E-state index in [1.807, 2.05) is 47.6 Å². The number of ketones is 1. The molecular formula is C33H52O7. The van der Waals surface area contributed by atoms with Crippen molar-refractivity contribution in [1.82, 2.24) is 0 Å². The average Bonchev–Trinajstić information content (AvgIpc) is 3.34. The Morgan fingerprint density at radius 3 is 2.27 bits per heavy atom. The van der Waals surface area contributed by atoms with E-state index in [0.717, 1.165) is 31.3 Å². The summed E-state index contributed by atoms with van der Waals surface area (Å²) in [5.74, 6) is -1.17. The van der Waals surface area contributed by atoms with Crippen molar-refractivity contribution in [2.75, 3.05) is 0 Å². The molecule has 10 atom stereocenters. The molecule has 0 radical (unpaired) electrons. The van der Waals surface area contributed by atoms with E-state index in [-0.39, 0.29) is 47.3 Å². The molecule has 0 spiro atoms. The van der Waals surface area contributed by atoms with Gasteiger partial charge in [0, 0.05) is 11.3 Å². The van der Waals surface area contributed by atoms with Gasteiger partial charge < -0.3 is 29.2 Å². The highest BCUT2D eigenvalue weighted by Crippen LogP contribution is 2.70. The topological polar surface area (TPSA) is 94.5 Å². The molecule has 2 N–H and O–H groups in total. The van der Waals surface area contributed by atoms with Crippen LogP contribution in [0.2, 0.25) is 0 Å². The van der Waals surface area contributed by atoms with E-state index in [4.69, 9.17) is 18.9 Å².